The number of epoxide rings is 1. The predicted molar refractivity (Wildman–Crippen MR) is 37.6 cm³/mol. The average molecular weight is 172 g/mol. The summed E-state index contributed by atoms with van der Waals surface area (Å²) in [6, 6.07) is 0. The first-order chi connectivity index (χ1) is 5.59. The van der Waals surface area contributed by atoms with E-state index in [4.69, 9.17) is 9.84 Å². The van der Waals surface area contributed by atoms with E-state index in [1.54, 1.807) is 0 Å². The van der Waals surface area contributed by atoms with Gasteiger partial charge >= 0.3 is 12.1 Å². The second-order valence-electron chi connectivity index (χ2n) is 2.42. The molecule has 1 aliphatic heterocycles. The highest BCUT2D eigenvalue weighted by Gasteiger charge is 2.26. The molecule has 0 spiro atoms. The van der Waals surface area contributed by atoms with Crippen LogP contribution in [0, 0.1) is 0 Å². The van der Waals surface area contributed by atoms with E-state index in [2.05, 4.69) is 11.3 Å². The Morgan fingerprint density at radius 3 is 2.67 bits per heavy atom. The van der Waals surface area contributed by atoms with Gasteiger partial charge in [0.15, 0.2) is 0 Å². The first-order valence-electron chi connectivity index (χ1n) is 3.34. The molecule has 5 heteroatoms. The number of hydrogen-bond donors (Lipinski definition) is 1. The number of carbonyl (C=O) groups excluding carboxylic acids is 1. The maximum atomic E-state index is 10.8. The van der Waals surface area contributed by atoms with Gasteiger partial charge in [-0.1, -0.05) is 6.58 Å². The van der Waals surface area contributed by atoms with Crippen molar-refractivity contribution < 1.29 is 24.2 Å². The Kier molecular flexibility index (Phi) is 2.44. The second kappa shape index (κ2) is 3.36. The van der Waals surface area contributed by atoms with Crippen LogP contribution in [0.25, 0.3) is 0 Å². The van der Waals surface area contributed by atoms with Crippen LogP contribution in [0.15, 0.2) is 12.2 Å². The standard InChI is InChI=1S/C7H8O5/c1-4(2-5-3-11-5)6(8)12-7(9)10/h5H,1-3H2,(H,9,10). The largest absolute Gasteiger partial charge is 0.513 e. The van der Waals surface area contributed by atoms with Crippen LogP contribution in [0.5, 0.6) is 0 Å². The number of carbonyl (C=O) groups is 2. The summed E-state index contributed by atoms with van der Waals surface area (Å²) in [4.78, 5) is 20.7. The molecular formula is C7H8O5. The van der Waals surface area contributed by atoms with Gasteiger partial charge in [0.1, 0.15) is 0 Å². The zero-order chi connectivity index (χ0) is 9.14. The summed E-state index contributed by atoms with van der Waals surface area (Å²) in [6.45, 7) is 3.97. The SMILES string of the molecule is C=C(CC1CO1)C(=O)OC(=O)O. The lowest BCUT2D eigenvalue weighted by molar-refractivity contribution is -0.134. The number of carboxylic acid groups (broad SMARTS) is 1. The van der Waals surface area contributed by atoms with Crippen molar-refractivity contribution >= 4 is 12.1 Å². The molecular weight excluding hydrogens is 164 g/mol. The summed E-state index contributed by atoms with van der Waals surface area (Å²) in [7, 11) is 0. The van der Waals surface area contributed by atoms with E-state index in [-0.39, 0.29) is 11.7 Å². The molecule has 1 unspecified atom stereocenters. The summed E-state index contributed by atoms with van der Waals surface area (Å²) in [5.74, 6) is -0.905. The Hall–Kier alpha value is -1.36. The molecule has 1 atom stereocenters. The third-order valence-corrected chi connectivity index (χ3v) is 1.35. The first-order valence-corrected chi connectivity index (χ1v) is 3.34. The molecule has 66 valence electrons. The minimum Gasteiger partial charge on any atom is -0.449 e. The van der Waals surface area contributed by atoms with E-state index in [9.17, 15) is 9.59 Å². The molecule has 1 aliphatic rings. The van der Waals surface area contributed by atoms with Gasteiger partial charge in [0, 0.05) is 12.0 Å². The van der Waals surface area contributed by atoms with Gasteiger partial charge in [-0.05, 0) is 0 Å². The van der Waals surface area contributed by atoms with E-state index in [0.29, 0.717) is 13.0 Å². The number of esters is 1. The van der Waals surface area contributed by atoms with Crippen molar-refractivity contribution in [3.05, 3.63) is 12.2 Å². The van der Waals surface area contributed by atoms with Crippen molar-refractivity contribution in [3.63, 3.8) is 0 Å². The number of hydrogen-bond acceptors (Lipinski definition) is 4. The van der Waals surface area contributed by atoms with E-state index < -0.39 is 12.1 Å². The van der Waals surface area contributed by atoms with Gasteiger partial charge in [-0.15, -0.1) is 0 Å². The van der Waals surface area contributed by atoms with Gasteiger partial charge in [-0.2, -0.15) is 0 Å². The molecule has 0 aromatic carbocycles. The van der Waals surface area contributed by atoms with E-state index >= 15 is 0 Å². The lowest BCUT2D eigenvalue weighted by Gasteiger charge is -1.99. The third-order valence-electron chi connectivity index (χ3n) is 1.35. The van der Waals surface area contributed by atoms with Gasteiger partial charge in [-0.25, -0.2) is 9.59 Å². The highest BCUT2D eigenvalue weighted by molar-refractivity contribution is 5.93. The molecule has 5 nitrogen and oxygen atoms in total. The Balaban J connectivity index is 2.29. The molecule has 1 rings (SSSR count). The fraction of sp³-hybridized carbons (Fsp3) is 0.429. The Morgan fingerprint density at radius 2 is 2.25 bits per heavy atom. The molecule has 0 bridgehead atoms. The van der Waals surface area contributed by atoms with Crippen LogP contribution in [0.2, 0.25) is 0 Å². The normalized spacial score (nSPS) is 19.8. The number of ether oxygens (including phenoxy) is 2. The van der Waals surface area contributed by atoms with Gasteiger partial charge in [0.05, 0.1) is 12.7 Å². The highest BCUT2D eigenvalue weighted by Crippen LogP contribution is 2.18. The van der Waals surface area contributed by atoms with Crippen molar-refractivity contribution in [3.8, 4) is 0 Å². The van der Waals surface area contributed by atoms with Crippen LogP contribution < -0.4 is 0 Å². The highest BCUT2D eigenvalue weighted by atomic mass is 16.7. The van der Waals surface area contributed by atoms with Crippen LogP contribution >= 0.6 is 0 Å². The van der Waals surface area contributed by atoms with Crippen molar-refractivity contribution in [1.82, 2.24) is 0 Å². The minimum atomic E-state index is -1.61. The third kappa shape index (κ3) is 2.71. The van der Waals surface area contributed by atoms with Crippen LogP contribution in [0.3, 0.4) is 0 Å². The zero-order valence-corrected chi connectivity index (χ0v) is 6.28. The molecule has 0 radical (unpaired) electrons. The fourth-order valence-electron chi connectivity index (χ4n) is 0.696. The lowest BCUT2D eigenvalue weighted by atomic mass is 10.2. The van der Waals surface area contributed by atoms with Crippen LogP contribution in [-0.2, 0) is 14.3 Å². The molecule has 1 heterocycles. The summed E-state index contributed by atoms with van der Waals surface area (Å²) < 4.78 is 8.68. The predicted octanol–water partition coefficient (Wildman–Crippen LogP) is 0.553. The van der Waals surface area contributed by atoms with Crippen molar-refractivity contribution in [2.24, 2.45) is 0 Å². The van der Waals surface area contributed by atoms with Gasteiger partial charge < -0.3 is 14.6 Å². The van der Waals surface area contributed by atoms with E-state index in [1.807, 2.05) is 0 Å². The summed E-state index contributed by atoms with van der Waals surface area (Å²) in [5.41, 5.74) is 0.125. The van der Waals surface area contributed by atoms with Crippen LogP contribution in [0.4, 0.5) is 4.79 Å². The Labute approximate surface area is 68.6 Å². The topological polar surface area (TPSA) is 76.1 Å². The van der Waals surface area contributed by atoms with Gasteiger partial charge in [0.2, 0.25) is 0 Å². The lowest BCUT2D eigenvalue weighted by Crippen LogP contribution is -2.12. The first kappa shape index (κ1) is 8.73. The van der Waals surface area contributed by atoms with Crippen molar-refractivity contribution in [1.29, 1.82) is 0 Å². The Morgan fingerprint density at radius 1 is 1.67 bits per heavy atom. The van der Waals surface area contributed by atoms with E-state index in [0.717, 1.165) is 0 Å². The van der Waals surface area contributed by atoms with Crippen LogP contribution in [-0.4, -0.2) is 29.9 Å². The monoisotopic (exact) mass is 172 g/mol. The molecule has 0 aliphatic carbocycles. The van der Waals surface area contributed by atoms with Crippen molar-refractivity contribution in [2.75, 3.05) is 6.61 Å². The van der Waals surface area contributed by atoms with Gasteiger partial charge in [0.25, 0.3) is 0 Å². The molecule has 0 amide bonds. The molecule has 12 heavy (non-hydrogen) atoms. The zero-order valence-electron chi connectivity index (χ0n) is 6.28. The maximum absolute atomic E-state index is 10.8. The summed E-state index contributed by atoms with van der Waals surface area (Å²) in [6.07, 6.45) is -1.26. The number of rotatable bonds is 3. The Bertz CT molecular complexity index is 228. The molecule has 1 N–H and O–H groups in total. The van der Waals surface area contributed by atoms with Crippen molar-refractivity contribution in [2.45, 2.75) is 12.5 Å². The molecule has 1 fully saturated rings. The molecule has 1 saturated heterocycles. The fourth-order valence-corrected chi connectivity index (χ4v) is 0.696. The van der Waals surface area contributed by atoms with Gasteiger partial charge in [-0.3, -0.25) is 0 Å². The minimum absolute atomic E-state index is 0.0128. The smallest absolute Gasteiger partial charge is 0.449 e. The summed E-state index contributed by atoms with van der Waals surface area (Å²) in [5, 5.41) is 8.07. The second-order valence-corrected chi connectivity index (χ2v) is 2.42. The molecule has 0 aromatic heterocycles. The average Bonchev–Trinajstić information content (AvgIpc) is 2.70. The molecule has 0 saturated carbocycles. The summed E-state index contributed by atoms with van der Waals surface area (Å²) >= 11 is 0. The van der Waals surface area contributed by atoms with Crippen LogP contribution in [0.1, 0.15) is 6.42 Å². The quantitative estimate of drug-likeness (QED) is 0.291. The maximum Gasteiger partial charge on any atom is 0.513 e. The molecule has 0 aromatic rings. The van der Waals surface area contributed by atoms with E-state index in [1.165, 1.54) is 0 Å².